The van der Waals surface area contributed by atoms with Gasteiger partial charge in [0.05, 0.1) is 25.2 Å². The molecular formula is C27H26ClNO5. The topological polar surface area (TPSA) is 73.9 Å². The van der Waals surface area contributed by atoms with Crippen LogP contribution in [0.1, 0.15) is 23.6 Å². The number of halogens is 1. The van der Waals surface area contributed by atoms with E-state index in [1.807, 2.05) is 60.7 Å². The van der Waals surface area contributed by atoms with Crippen LogP contribution < -0.4 is 5.32 Å². The van der Waals surface area contributed by atoms with E-state index in [4.69, 9.17) is 25.8 Å². The molecule has 176 valence electrons. The molecule has 6 nitrogen and oxygen atoms in total. The van der Waals surface area contributed by atoms with Gasteiger partial charge in [-0.15, -0.1) is 0 Å². The van der Waals surface area contributed by atoms with Crippen LogP contribution in [0.5, 0.6) is 0 Å². The molecule has 7 heteroatoms. The first kappa shape index (κ1) is 24.0. The average Bonchev–Trinajstić information content (AvgIpc) is 2.89. The summed E-state index contributed by atoms with van der Waals surface area (Å²) in [4.78, 5) is 25.2. The molecule has 1 heterocycles. The van der Waals surface area contributed by atoms with E-state index in [0.717, 1.165) is 11.1 Å². The molecule has 0 aromatic heterocycles. The fourth-order valence-electron chi connectivity index (χ4n) is 4.13. The highest BCUT2D eigenvalue weighted by Crippen LogP contribution is 2.43. The SMILES string of the molecule is CCOC(=O)CNC(=O)C1(c2ccc(Cl)cc2)OCC(c2ccccc2)(c2ccccc2)CO1. The molecule has 4 rings (SSSR count). The maximum atomic E-state index is 13.4. The fraction of sp³-hybridized carbons (Fsp3) is 0.259. The summed E-state index contributed by atoms with van der Waals surface area (Å²) in [6, 6.07) is 26.6. The van der Waals surface area contributed by atoms with Crippen LogP contribution in [-0.4, -0.2) is 38.2 Å². The third-order valence-electron chi connectivity index (χ3n) is 5.92. The van der Waals surface area contributed by atoms with Gasteiger partial charge in [-0.1, -0.05) is 84.4 Å². The quantitative estimate of drug-likeness (QED) is 0.514. The van der Waals surface area contributed by atoms with E-state index >= 15 is 0 Å². The molecule has 0 radical (unpaired) electrons. The van der Waals surface area contributed by atoms with Gasteiger partial charge < -0.3 is 19.5 Å². The molecule has 3 aromatic carbocycles. The largest absolute Gasteiger partial charge is 0.465 e. The minimum atomic E-state index is -1.75. The van der Waals surface area contributed by atoms with Crippen LogP contribution in [0.2, 0.25) is 5.02 Å². The first-order valence-electron chi connectivity index (χ1n) is 11.1. The Morgan fingerprint density at radius 2 is 1.38 bits per heavy atom. The maximum Gasteiger partial charge on any atom is 0.325 e. The molecule has 3 aromatic rings. The Bertz CT molecular complexity index is 1070. The number of hydrogen-bond donors (Lipinski definition) is 1. The third kappa shape index (κ3) is 4.71. The predicted molar refractivity (Wildman–Crippen MR) is 128 cm³/mol. The lowest BCUT2D eigenvalue weighted by Crippen LogP contribution is -2.57. The number of ether oxygens (including phenoxy) is 3. The maximum absolute atomic E-state index is 13.4. The second-order valence-electron chi connectivity index (χ2n) is 8.00. The van der Waals surface area contributed by atoms with Gasteiger partial charge in [-0.05, 0) is 30.2 Å². The van der Waals surface area contributed by atoms with Crippen LogP contribution in [-0.2, 0) is 35.0 Å². The normalized spacial score (nSPS) is 16.4. The highest BCUT2D eigenvalue weighted by atomic mass is 35.5. The molecule has 1 amide bonds. The summed E-state index contributed by atoms with van der Waals surface area (Å²) < 4.78 is 17.6. The lowest BCUT2D eigenvalue weighted by Gasteiger charge is -2.46. The Morgan fingerprint density at radius 3 is 1.88 bits per heavy atom. The molecule has 1 aliphatic rings. The van der Waals surface area contributed by atoms with Gasteiger partial charge in [-0.3, -0.25) is 9.59 Å². The van der Waals surface area contributed by atoms with Crippen molar-refractivity contribution in [2.45, 2.75) is 18.1 Å². The number of carbonyl (C=O) groups is 2. The molecular weight excluding hydrogens is 454 g/mol. The van der Waals surface area contributed by atoms with E-state index in [-0.39, 0.29) is 26.4 Å². The van der Waals surface area contributed by atoms with Crippen molar-refractivity contribution < 1.29 is 23.8 Å². The van der Waals surface area contributed by atoms with Crippen LogP contribution in [0.15, 0.2) is 84.9 Å². The van der Waals surface area contributed by atoms with Crippen molar-refractivity contribution in [1.29, 1.82) is 0 Å². The minimum Gasteiger partial charge on any atom is -0.465 e. The fourth-order valence-corrected chi connectivity index (χ4v) is 4.25. The lowest BCUT2D eigenvalue weighted by molar-refractivity contribution is -0.277. The van der Waals surface area contributed by atoms with Gasteiger partial charge in [0.25, 0.3) is 11.7 Å². The van der Waals surface area contributed by atoms with Crippen LogP contribution in [0.4, 0.5) is 0 Å². The minimum absolute atomic E-state index is 0.177. The van der Waals surface area contributed by atoms with Crippen LogP contribution in [0, 0.1) is 0 Å². The Morgan fingerprint density at radius 1 is 0.853 bits per heavy atom. The first-order chi connectivity index (χ1) is 16.5. The Kier molecular flexibility index (Phi) is 7.32. The molecule has 1 aliphatic heterocycles. The van der Waals surface area contributed by atoms with Gasteiger partial charge >= 0.3 is 5.97 Å². The predicted octanol–water partition coefficient (Wildman–Crippen LogP) is 4.21. The van der Waals surface area contributed by atoms with E-state index in [1.165, 1.54) is 0 Å². The summed E-state index contributed by atoms with van der Waals surface area (Å²) in [5, 5.41) is 3.12. The molecule has 0 aliphatic carbocycles. The Balaban J connectivity index is 1.69. The van der Waals surface area contributed by atoms with E-state index in [0.29, 0.717) is 10.6 Å². The molecule has 0 atom stereocenters. The molecule has 0 saturated carbocycles. The van der Waals surface area contributed by atoms with Gasteiger partial charge in [-0.25, -0.2) is 0 Å². The van der Waals surface area contributed by atoms with Gasteiger partial charge in [-0.2, -0.15) is 0 Å². The molecule has 0 spiro atoms. The number of esters is 1. The standard InChI is InChI=1S/C27H26ClNO5/c1-2-32-24(30)17-29-25(31)27(22-13-15-23(28)16-14-22)33-18-26(19-34-27,20-9-5-3-6-10-20)21-11-7-4-8-12-21/h3-16H,2,17-19H2,1H3,(H,29,31). The van der Waals surface area contributed by atoms with Crippen LogP contribution in [0.3, 0.4) is 0 Å². The highest BCUT2D eigenvalue weighted by molar-refractivity contribution is 6.30. The number of carbonyl (C=O) groups excluding carboxylic acids is 2. The summed E-state index contributed by atoms with van der Waals surface area (Å²) in [5.41, 5.74) is 1.88. The number of benzene rings is 3. The number of rotatable bonds is 7. The van der Waals surface area contributed by atoms with Crippen LogP contribution >= 0.6 is 11.6 Å². The molecule has 0 unspecified atom stereocenters. The van der Waals surface area contributed by atoms with Gasteiger partial charge in [0, 0.05) is 10.6 Å². The zero-order valence-electron chi connectivity index (χ0n) is 18.8. The van der Waals surface area contributed by atoms with E-state index in [9.17, 15) is 9.59 Å². The van der Waals surface area contributed by atoms with Crippen molar-refractivity contribution in [3.8, 4) is 0 Å². The highest BCUT2D eigenvalue weighted by Gasteiger charge is 2.52. The molecule has 34 heavy (non-hydrogen) atoms. The van der Waals surface area contributed by atoms with Crippen molar-refractivity contribution >= 4 is 23.5 Å². The van der Waals surface area contributed by atoms with Crippen molar-refractivity contribution in [1.82, 2.24) is 5.32 Å². The second kappa shape index (κ2) is 10.4. The summed E-state index contributed by atoms with van der Waals surface area (Å²) in [7, 11) is 0. The molecule has 1 saturated heterocycles. The Labute approximate surface area is 203 Å². The second-order valence-corrected chi connectivity index (χ2v) is 8.44. The van der Waals surface area contributed by atoms with Gasteiger partial charge in [0.2, 0.25) is 0 Å². The average molecular weight is 480 g/mol. The number of amides is 1. The van der Waals surface area contributed by atoms with Crippen molar-refractivity contribution in [2.24, 2.45) is 0 Å². The number of hydrogen-bond acceptors (Lipinski definition) is 5. The van der Waals surface area contributed by atoms with Crippen molar-refractivity contribution in [3.05, 3.63) is 107 Å². The summed E-state index contributed by atoms with van der Waals surface area (Å²) in [6.45, 7) is 1.99. The third-order valence-corrected chi connectivity index (χ3v) is 6.17. The van der Waals surface area contributed by atoms with Crippen LogP contribution in [0.25, 0.3) is 0 Å². The summed E-state index contributed by atoms with van der Waals surface area (Å²) in [5.74, 6) is -2.87. The van der Waals surface area contributed by atoms with E-state index < -0.39 is 23.1 Å². The van der Waals surface area contributed by atoms with Gasteiger partial charge in [0.1, 0.15) is 6.54 Å². The van der Waals surface area contributed by atoms with Crippen molar-refractivity contribution in [2.75, 3.05) is 26.4 Å². The zero-order chi connectivity index (χ0) is 24.0. The summed E-state index contributed by atoms with van der Waals surface area (Å²) in [6.07, 6.45) is 0. The zero-order valence-corrected chi connectivity index (χ0v) is 19.6. The number of nitrogens with one attached hydrogen (secondary N) is 1. The van der Waals surface area contributed by atoms with Crippen molar-refractivity contribution in [3.63, 3.8) is 0 Å². The summed E-state index contributed by atoms with van der Waals surface area (Å²) >= 11 is 6.08. The molecule has 1 fully saturated rings. The van der Waals surface area contributed by atoms with Gasteiger partial charge in [0.15, 0.2) is 0 Å². The smallest absolute Gasteiger partial charge is 0.325 e. The molecule has 0 bridgehead atoms. The van der Waals surface area contributed by atoms with E-state index in [2.05, 4.69) is 5.32 Å². The first-order valence-corrected chi connectivity index (χ1v) is 11.5. The van der Waals surface area contributed by atoms with E-state index in [1.54, 1.807) is 31.2 Å². The lowest BCUT2D eigenvalue weighted by atomic mass is 9.75. The Hall–Kier alpha value is -3.19. The molecule has 1 N–H and O–H groups in total. The monoisotopic (exact) mass is 479 g/mol.